The normalized spacial score (nSPS) is 28.2. The van der Waals surface area contributed by atoms with Crippen LogP contribution in [0.2, 0.25) is 0 Å². The van der Waals surface area contributed by atoms with Crippen molar-refractivity contribution in [3.63, 3.8) is 0 Å². The Kier molecular flexibility index (Phi) is 4.40. The molecule has 2 unspecified atom stereocenters. The van der Waals surface area contributed by atoms with Crippen molar-refractivity contribution in [3.05, 3.63) is 34.9 Å². The number of Topliss-reactive ketones (excluding diaryl/α,β-unsaturated/α-hetero) is 1. The van der Waals surface area contributed by atoms with Crippen LogP contribution in [0.15, 0.2) is 18.2 Å². The number of sulfone groups is 1. The van der Waals surface area contributed by atoms with E-state index in [4.69, 9.17) is 0 Å². The molecule has 10 heteroatoms. The van der Waals surface area contributed by atoms with Crippen LogP contribution in [0.25, 0.3) is 0 Å². The van der Waals surface area contributed by atoms with Crippen LogP contribution in [0.5, 0.6) is 0 Å². The second-order valence-corrected chi connectivity index (χ2v) is 9.25. The van der Waals surface area contributed by atoms with Gasteiger partial charge in [-0.25, -0.2) is 8.42 Å². The molecule has 26 heavy (non-hydrogen) atoms. The van der Waals surface area contributed by atoms with Crippen molar-refractivity contribution in [2.75, 3.05) is 0 Å². The molecule has 2 saturated heterocycles. The van der Waals surface area contributed by atoms with Gasteiger partial charge in [0.15, 0.2) is 15.6 Å². The van der Waals surface area contributed by atoms with E-state index in [1.54, 1.807) is 0 Å². The molecule has 2 aliphatic rings. The standard InChI is InChI=1S/C16H14F6O3S/c17-15(18,19)10-3-8(4-11(7-10)16(20,21)22)14(23)9-5-12-1-2-13(6-9)26(12,24)25/h3-4,7,9,12-13H,1-2,5-6H2. The highest BCUT2D eigenvalue weighted by atomic mass is 32.2. The van der Waals surface area contributed by atoms with Gasteiger partial charge in [0.05, 0.1) is 21.6 Å². The Morgan fingerprint density at radius 2 is 1.27 bits per heavy atom. The van der Waals surface area contributed by atoms with Crippen LogP contribution < -0.4 is 0 Å². The molecule has 144 valence electrons. The maximum atomic E-state index is 12.9. The largest absolute Gasteiger partial charge is 0.416 e. The minimum Gasteiger partial charge on any atom is -0.294 e. The molecule has 3 nitrogen and oxygen atoms in total. The van der Waals surface area contributed by atoms with E-state index in [0.29, 0.717) is 25.0 Å². The summed E-state index contributed by atoms with van der Waals surface area (Å²) in [6.07, 6.45) is -9.46. The Morgan fingerprint density at radius 1 is 0.846 bits per heavy atom. The molecular weight excluding hydrogens is 386 g/mol. The highest BCUT2D eigenvalue weighted by Gasteiger charge is 2.49. The quantitative estimate of drug-likeness (QED) is 0.551. The average molecular weight is 400 g/mol. The summed E-state index contributed by atoms with van der Waals surface area (Å²) < 4.78 is 102. The lowest BCUT2D eigenvalue weighted by Gasteiger charge is -2.27. The monoisotopic (exact) mass is 400 g/mol. The van der Waals surface area contributed by atoms with Gasteiger partial charge >= 0.3 is 12.4 Å². The maximum Gasteiger partial charge on any atom is 0.416 e. The zero-order valence-electron chi connectivity index (χ0n) is 13.2. The van der Waals surface area contributed by atoms with E-state index in [1.165, 1.54) is 0 Å². The number of hydrogen-bond donors (Lipinski definition) is 0. The van der Waals surface area contributed by atoms with Gasteiger partial charge in [-0.3, -0.25) is 4.79 Å². The third kappa shape index (κ3) is 3.35. The first-order chi connectivity index (χ1) is 11.8. The third-order valence-corrected chi connectivity index (χ3v) is 7.79. The number of carbonyl (C=O) groups is 1. The lowest BCUT2D eigenvalue weighted by molar-refractivity contribution is -0.143. The number of hydrogen-bond acceptors (Lipinski definition) is 3. The van der Waals surface area contributed by atoms with E-state index >= 15 is 0 Å². The number of fused-ring (bicyclic) bond motifs is 2. The van der Waals surface area contributed by atoms with Crippen LogP contribution in [0, 0.1) is 5.92 Å². The minimum atomic E-state index is -5.04. The predicted molar refractivity (Wildman–Crippen MR) is 79.2 cm³/mol. The Hall–Kier alpha value is -1.58. The summed E-state index contributed by atoms with van der Waals surface area (Å²) in [5.74, 6) is -1.76. The smallest absolute Gasteiger partial charge is 0.294 e. The first-order valence-corrected chi connectivity index (χ1v) is 9.47. The Bertz CT molecular complexity index is 788. The summed E-state index contributed by atoms with van der Waals surface area (Å²) in [4.78, 5) is 12.6. The minimum absolute atomic E-state index is 0.0359. The molecule has 0 saturated carbocycles. The van der Waals surface area contributed by atoms with Crippen LogP contribution in [-0.4, -0.2) is 24.7 Å². The van der Waals surface area contributed by atoms with Gasteiger partial charge in [-0.2, -0.15) is 26.3 Å². The Balaban J connectivity index is 1.97. The summed E-state index contributed by atoms with van der Waals surface area (Å²) in [6.45, 7) is 0. The lowest BCUT2D eigenvalue weighted by atomic mass is 9.89. The van der Waals surface area contributed by atoms with Crippen LogP contribution >= 0.6 is 0 Å². The van der Waals surface area contributed by atoms with Crippen molar-refractivity contribution in [2.24, 2.45) is 5.92 Å². The van der Waals surface area contributed by atoms with E-state index in [2.05, 4.69) is 0 Å². The molecule has 3 rings (SSSR count). The summed E-state index contributed by atoms with van der Waals surface area (Å²) in [6, 6.07) is 0.775. The number of rotatable bonds is 2. The van der Waals surface area contributed by atoms with Gasteiger partial charge in [-0.1, -0.05) is 0 Å². The van der Waals surface area contributed by atoms with Crippen LogP contribution in [0.4, 0.5) is 26.3 Å². The number of alkyl halides is 6. The average Bonchev–Trinajstić information content (AvgIpc) is 2.71. The number of ketones is 1. The van der Waals surface area contributed by atoms with Gasteiger partial charge in [0.2, 0.25) is 0 Å². The first kappa shape index (κ1) is 19.2. The van der Waals surface area contributed by atoms with Crippen molar-refractivity contribution < 1.29 is 39.6 Å². The van der Waals surface area contributed by atoms with Crippen molar-refractivity contribution >= 4 is 15.6 Å². The van der Waals surface area contributed by atoms with Crippen molar-refractivity contribution in [2.45, 2.75) is 48.5 Å². The SMILES string of the molecule is O=C(c1cc(C(F)(F)F)cc(C(F)(F)F)c1)C1CC2CCC(C1)S2(=O)=O. The van der Waals surface area contributed by atoms with E-state index in [0.717, 1.165) is 0 Å². The molecule has 2 bridgehead atoms. The van der Waals surface area contributed by atoms with Gasteiger partial charge in [0.25, 0.3) is 0 Å². The highest BCUT2D eigenvalue weighted by Crippen LogP contribution is 2.43. The lowest BCUT2D eigenvalue weighted by Crippen LogP contribution is -2.36. The molecule has 2 fully saturated rings. The van der Waals surface area contributed by atoms with E-state index in [1.807, 2.05) is 0 Å². The Morgan fingerprint density at radius 3 is 1.65 bits per heavy atom. The van der Waals surface area contributed by atoms with E-state index < -0.39 is 61.1 Å². The summed E-state index contributed by atoms with van der Waals surface area (Å²) in [5.41, 5.74) is -3.79. The van der Waals surface area contributed by atoms with Crippen molar-refractivity contribution in [3.8, 4) is 0 Å². The fourth-order valence-corrected chi connectivity index (χ4v) is 6.23. The molecule has 2 aliphatic heterocycles. The summed E-state index contributed by atoms with van der Waals surface area (Å²) >= 11 is 0. The topological polar surface area (TPSA) is 51.2 Å². The van der Waals surface area contributed by atoms with Crippen LogP contribution in [0.1, 0.15) is 47.2 Å². The molecule has 0 N–H and O–H groups in total. The molecule has 0 aromatic heterocycles. The molecule has 0 aliphatic carbocycles. The molecule has 0 amide bonds. The summed E-state index contributed by atoms with van der Waals surface area (Å²) in [7, 11) is -3.35. The number of halogens is 6. The van der Waals surface area contributed by atoms with Gasteiger partial charge in [-0.05, 0) is 43.9 Å². The van der Waals surface area contributed by atoms with Crippen LogP contribution in [-0.2, 0) is 22.2 Å². The zero-order chi connectivity index (χ0) is 19.5. The second-order valence-electron chi connectivity index (χ2n) is 6.74. The highest BCUT2D eigenvalue weighted by molar-refractivity contribution is 7.93. The molecule has 0 radical (unpaired) electrons. The number of carbonyl (C=O) groups excluding carboxylic acids is 1. The van der Waals surface area contributed by atoms with Crippen LogP contribution in [0.3, 0.4) is 0 Å². The fraction of sp³-hybridized carbons (Fsp3) is 0.562. The van der Waals surface area contributed by atoms with Gasteiger partial charge < -0.3 is 0 Å². The first-order valence-electron chi connectivity index (χ1n) is 7.86. The third-order valence-electron chi connectivity index (χ3n) is 5.08. The van der Waals surface area contributed by atoms with Gasteiger partial charge in [-0.15, -0.1) is 0 Å². The van der Waals surface area contributed by atoms with Crippen molar-refractivity contribution in [1.29, 1.82) is 0 Å². The van der Waals surface area contributed by atoms with Crippen molar-refractivity contribution in [1.82, 2.24) is 0 Å². The van der Waals surface area contributed by atoms with Gasteiger partial charge in [0.1, 0.15) is 0 Å². The molecule has 1 aromatic rings. The second kappa shape index (κ2) is 5.97. The molecule has 1 aromatic carbocycles. The number of benzene rings is 1. The molecule has 0 spiro atoms. The van der Waals surface area contributed by atoms with E-state index in [-0.39, 0.29) is 18.9 Å². The van der Waals surface area contributed by atoms with Gasteiger partial charge in [0, 0.05) is 11.5 Å². The predicted octanol–water partition coefficient (Wildman–Crippen LogP) is 4.26. The Labute approximate surface area is 145 Å². The fourth-order valence-electron chi connectivity index (χ4n) is 3.75. The molecule has 2 atom stereocenters. The maximum absolute atomic E-state index is 12.9. The summed E-state index contributed by atoms with van der Waals surface area (Å²) in [5, 5.41) is -1.49. The molecular formula is C16H14F6O3S. The van der Waals surface area contributed by atoms with E-state index in [9.17, 15) is 39.6 Å². The molecule has 2 heterocycles. The zero-order valence-corrected chi connectivity index (χ0v) is 14.0.